The van der Waals surface area contributed by atoms with Crippen molar-refractivity contribution in [3.8, 4) is 0 Å². The van der Waals surface area contributed by atoms with E-state index in [1.165, 1.54) is 4.90 Å². The Morgan fingerprint density at radius 3 is 2.12 bits per heavy atom. The van der Waals surface area contributed by atoms with Crippen molar-refractivity contribution in [2.75, 3.05) is 25.0 Å². The predicted octanol–water partition coefficient (Wildman–Crippen LogP) is 5.34. The summed E-state index contributed by atoms with van der Waals surface area (Å²) in [5.41, 5.74) is 5.03. The highest BCUT2D eigenvalue weighted by atomic mass is 16.7. The van der Waals surface area contributed by atoms with Crippen LogP contribution < -0.4 is 4.90 Å². The summed E-state index contributed by atoms with van der Waals surface area (Å²) in [5.74, 6) is -0.605. The minimum atomic E-state index is -0.649. The number of aliphatic hydroxyl groups excluding tert-OH is 1. The van der Waals surface area contributed by atoms with E-state index in [1.54, 1.807) is 36.4 Å². The molecule has 8 heteroatoms. The maximum atomic E-state index is 13.0. The van der Waals surface area contributed by atoms with E-state index in [0.717, 1.165) is 35.3 Å². The molecule has 1 saturated heterocycles. The van der Waals surface area contributed by atoms with Gasteiger partial charge in [-0.05, 0) is 54.6 Å². The summed E-state index contributed by atoms with van der Waals surface area (Å²) < 4.78 is 13.2. The van der Waals surface area contributed by atoms with Gasteiger partial charge in [-0.3, -0.25) is 14.6 Å². The number of carbonyl (C=O) groups excluding carboxylic acids is 2. The maximum Gasteiger partial charge on any atom is 0.266 e. The molecular weight excluding hydrogens is 542 g/mol. The number of benzene rings is 3. The van der Waals surface area contributed by atoms with Crippen LogP contribution in [0.5, 0.6) is 0 Å². The van der Waals surface area contributed by atoms with Crippen LogP contribution in [0.3, 0.4) is 0 Å². The van der Waals surface area contributed by atoms with E-state index >= 15 is 0 Å². The van der Waals surface area contributed by atoms with Gasteiger partial charge in [-0.15, -0.1) is 0 Å². The van der Waals surface area contributed by atoms with Crippen molar-refractivity contribution in [3.63, 3.8) is 0 Å². The van der Waals surface area contributed by atoms with E-state index in [0.29, 0.717) is 23.4 Å². The number of pyridine rings is 1. The van der Waals surface area contributed by atoms with Gasteiger partial charge >= 0.3 is 0 Å². The summed E-state index contributed by atoms with van der Waals surface area (Å²) in [6.07, 6.45) is 1.63. The number of anilines is 1. The van der Waals surface area contributed by atoms with E-state index in [1.807, 2.05) is 60.8 Å². The Balaban J connectivity index is 1.22. The molecule has 43 heavy (non-hydrogen) atoms. The number of fused-ring (bicyclic) bond motifs is 1. The van der Waals surface area contributed by atoms with Crippen LogP contribution in [0.2, 0.25) is 0 Å². The van der Waals surface area contributed by atoms with Gasteiger partial charge in [0, 0.05) is 42.9 Å². The summed E-state index contributed by atoms with van der Waals surface area (Å²) in [4.78, 5) is 33.9. The van der Waals surface area contributed by atoms with Crippen LogP contribution in [0.15, 0.2) is 97.2 Å². The summed E-state index contributed by atoms with van der Waals surface area (Å²) in [6, 6.07) is 27.9. The molecule has 4 aromatic rings. The lowest BCUT2D eigenvalue weighted by atomic mass is 9.90. The smallest absolute Gasteiger partial charge is 0.266 e. The second-order valence-corrected chi connectivity index (χ2v) is 11.2. The van der Waals surface area contributed by atoms with Gasteiger partial charge in [-0.25, -0.2) is 4.90 Å². The minimum Gasteiger partial charge on any atom is -0.392 e. The van der Waals surface area contributed by atoms with Crippen LogP contribution in [0, 0.1) is 5.92 Å². The van der Waals surface area contributed by atoms with Crippen molar-refractivity contribution in [1.82, 2.24) is 9.88 Å². The number of hydrogen-bond donors (Lipinski definition) is 1. The molecule has 2 amide bonds. The number of imide groups is 1. The van der Waals surface area contributed by atoms with Crippen molar-refractivity contribution in [2.45, 2.75) is 38.4 Å². The van der Waals surface area contributed by atoms with Crippen molar-refractivity contribution >= 4 is 17.5 Å². The Morgan fingerprint density at radius 2 is 1.49 bits per heavy atom. The lowest BCUT2D eigenvalue weighted by molar-refractivity contribution is -0.275. The van der Waals surface area contributed by atoms with Gasteiger partial charge in [0.1, 0.15) is 0 Å². The Bertz CT molecular complexity index is 1540. The molecule has 3 aromatic carbocycles. The third kappa shape index (κ3) is 6.00. The van der Waals surface area contributed by atoms with Crippen molar-refractivity contribution < 1.29 is 24.2 Å². The molecule has 4 atom stereocenters. The van der Waals surface area contributed by atoms with Gasteiger partial charge in [-0.2, -0.15) is 0 Å². The maximum absolute atomic E-state index is 13.0. The van der Waals surface area contributed by atoms with E-state index in [-0.39, 0.29) is 36.5 Å². The molecule has 2 aliphatic heterocycles. The van der Waals surface area contributed by atoms with Crippen LogP contribution in [-0.2, 0) is 22.5 Å². The number of aliphatic hydroxyl groups is 1. The van der Waals surface area contributed by atoms with Crippen LogP contribution in [0.1, 0.15) is 62.4 Å². The van der Waals surface area contributed by atoms with E-state index < -0.39 is 6.29 Å². The third-order valence-corrected chi connectivity index (χ3v) is 8.31. The topological polar surface area (TPSA) is 92.2 Å². The van der Waals surface area contributed by atoms with Crippen LogP contribution in [0.4, 0.5) is 5.69 Å². The Labute approximate surface area is 251 Å². The van der Waals surface area contributed by atoms with Crippen molar-refractivity contribution in [1.29, 1.82) is 0 Å². The Hall–Kier alpha value is -4.21. The molecule has 6 rings (SSSR count). The molecule has 3 heterocycles. The van der Waals surface area contributed by atoms with Crippen LogP contribution >= 0.6 is 0 Å². The fourth-order valence-electron chi connectivity index (χ4n) is 5.78. The van der Waals surface area contributed by atoms with Gasteiger partial charge in [0.25, 0.3) is 11.8 Å². The monoisotopic (exact) mass is 577 g/mol. The molecular formula is C35H35N3O5. The normalized spacial score (nSPS) is 21.8. The SMILES string of the molecule is C[C@H]1[C@@H](CN(C)CCc2ccccn2)O[C@@H](c2ccc(N3C(=O)c4ccccc4C3=O)cc2)O[C@H]1c1ccc(CO)cc1. The van der Waals surface area contributed by atoms with Gasteiger partial charge in [0.15, 0.2) is 6.29 Å². The number of aromatic nitrogens is 1. The molecule has 0 spiro atoms. The number of hydrogen-bond acceptors (Lipinski definition) is 7. The highest BCUT2D eigenvalue weighted by molar-refractivity contribution is 6.34. The van der Waals surface area contributed by atoms with E-state index in [2.05, 4.69) is 23.9 Å². The van der Waals surface area contributed by atoms with E-state index in [9.17, 15) is 14.7 Å². The number of ether oxygens (including phenoxy) is 2. The fourth-order valence-corrected chi connectivity index (χ4v) is 5.78. The zero-order valence-electron chi connectivity index (χ0n) is 24.3. The third-order valence-electron chi connectivity index (χ3n) is 8.31. The van der Waals surface area contributed by atoms with E-state index in [4.69, 9.17) is 9.47 Å². The first-order valence-corrected chi connectivity index (χ1v) is 14.6. The molecule has 0 aliphatic carbocycles. The first kappa shape index (κ1) is 28.9. The second-order valence-electron chi connectivity index (χ2n) is 11.2. The Morgan fingerprint density at radius 1 is 0.837 bits per heavy atom. The van der Waals surface area contributed by atoms with Gasteiger partial charge in [0.2, 0.25) is 0 Å². The zero-order chi connectivity index (χ0) is 29.9. The summed E-state index contributed by atoms with van der Waals surface area (Å²) in [7, 11) is 2.09. The molecule has 220 valence electrons. The average molecular weight is 578 g/mol. The van der Waals surface area contributed by atoms with Gasteiger partial charge in [-0.1, -0.05) is 61.5 Å². The molecule has 0 unspecified atom stereocenters. The first-order chi connectivity index (χ1) is 20.9. The highest BCUT2D eigenvalue weighted by Crippen LogP contribution is 2.42. The quantitative estimate of drug-likeness (QED) is 0.269. The number of rotatable bonds is 9. The van der Waals surface area contributed by atoms with Crippen molar-refractivity contribution in [3.05, 3.63) is 131 Å². The summed E-state index contributed by atoms with van der Waals surface area (Å²) >= 11 is 0. The largest absolute Gasteiger partial charge is 0.392 e. The summed E-state index contributed by atoms with van der Waals surface area (Å²) in [6.45, 7) is 3.66. The standard InChI is InChI=1S/C35H35N3O5/c1-23-31(21-37(2)20-18-27-7-5-6-19-36-27)42-35(43-32(23)25-12-10-24(22-39)11-13-25)26-14-16-28(17-15-26)38-33(40)29-8-3-4-9-30(29)34(38)41/h3-17,19,23,31-32,35,39H,18,20-22H2,1-2H3/t23-,31+,32+,35+/m0/s1. The number of amides is 2. The zero-order valence-corrected chi connectivity index (χ0v) is 24.3. The lowest BCUT2D eigenvalue weighted by Crippen LogP contribution is -2.44. The average Bonchev–Trinajstić information content (AvgIpc) is 3.31. The van der Waals surface area contributed by atoms with Crippen molar-refractivity contribution in [2.24, 2.45) is 5.92 Å². The Kier molecular flexibility index (Phi) is 8.44. The number of carbonyl (C=O) groups is 2. The highest BCUT2D eigenvalue weighted by Gasteiger charge is 2.40. The first-order valence-electron chi connectivity index (χ1n) is 14.6. The van der Waals surface area contributed by atoms with Gasteiger partial charge in [0.05, 0.1) is 35.6 Å². The molecule has 0 bridgehead atoms. The molecule has 0 saturated carbocycles. The number of nitrogens with zero attached hydrogens (tertiary/aromatic N) is 3. The summed E-state index contributed by atoms with van der Waals surface area (Å²) in [5, 5.41) is 9.53. The molecule has 8 nitrogen and oxygen atoms in total. The second kappa shape index (κ2) is 12.6. The molecule has 0 radical (unpaired) electrons. The molecule has 2 aliphatic rings. The minimum absolute atomic E-state index is 0.0176. The van der Waals surface area contributed by atoms with Gasteiger partial charge < -0.3 is 19.5 Å². The van der Waals surface area contributed by atoms with Crippen LogP contribution in [-0.4, -0.2) is 53.0 Å². The molecule has 1 aromatic heterocycles. The lowest BCUT2D eigenvalue weighted by Gasteiger charge is -2.42. The molecule has 1 N–H and O–H groups in total. The number of likely N-dealkylation sites (N-methyl/N-ethyl adjacent to an activating group) is 1. The predicted molar refractivity (Wildman–Crippen MR) is 162 cm³/mol. The fraction of sp³-hybridized carbons (Fsp3) is 0.286. The van der Waals surface area contributed by atoms with Crippen LogP contribution in [0.25, 0.3) is 0 Å². The molecule has 1 fully saturated rings.